The SMILES string of the molecule is CCCn1nnc(CN)c1COc1ccc(CC)cc1. The molecule has 2 N–H and O–H groups in total. The number of nitrogens with two attached hydrogens (primary N) is 1. The molecule has 0 unspecified atom stereocenters. The normalized spacial score (nSPS) is 10.8. The van der Waals surface area contributed by atoms with Crippen LogP contribution in [0.25, 0.3) is 0 Å². The van der Waals surface area contributed by atoms with Crippen LogP contribution < -0.4 is 10.5 Å². The quantitative estimate of drug-likeness (QED) is 0.841. The largest absolute Gasteiger partial charge is 0.487 e. The Morgan fingerprint density at radius 1 is 1.20 bits per heavy atom. The van der Waals surface area contributed by atoms with Gasteiger partial charge in [-0.05, 0) is 30.5 Å². The first-order valence-electron chi connectivity index (χ1n) is 7.11. The van der Waals surface area contributed by atoms with Crippen molar-refractivity contribution in [3.05, 3.63) is 41.2 Å². The van der Waals surface area contributed by atoms with Gasteiger partial charge < -0.3 is 10.5 Å². The Kier molecular flexibility index (Phi) is 5.12. The van der Waals surface area contributed by atoms with Gasteiger partial charge in [-0.25, -0.2) is 4.68 Å². The Balaban J connectivity index is 2.06. The molecular weight excluding hydrogens is 252 g/mol. The maximum atomic E-state index is 5.82. The predicted molar refractivity (Wildman–Crippen MR) is 78.4 cm³/mol. The summed E-state index contributed by atoms with van der Waals surface area (Å²) in [5, 5.41) is 8.22. The molecule has 0 bridgehead atoms. The summed E-state index contributed by atoms with van der Waals surface area (Å²) in [6.07, 6.45) is 2.04. The molecule has 5 heteroatoms. The van der Waals surface area contributed by atoms with Gasteiger partial charge in [0.1, 0.15) is 23.7 Å². The van der Waals surface area contributed by atoms with Crippen molar-refractivity contribution < 1.29 is 4.74 Å². The molecule has 108 valence electrons. The zero-order chi connectivity index (χ0) is 14.4. The highest BCUT2D eigenvalue weighted by Crippen LogP contribution is 2.15. The first-order chi connectivity index (χ1) is 9.78. The molecular formula is C15H22N4O. The second kappa shape index (κ2) is 7.05. The van der Waals surface area contributed by atoms with Crippen LogP contribution in [0.15, 0.2) is 24.3 Å². The molecule has 0 saturated heterocycles. The van der Waals surface area contributed by atoms with Gasteiger partial charge in [0.2, 0.25) is 0 Å². The van der Waals surface area contributed by atoms with Gasteiger partial charge in [-0.2, -0.15) is 0 Å². The molecule has 2 rings (SSSR count). The average Bonchev–Trinajstić information content (AvgIpc) is 2.88. The van der Waals surface area contributed by atoms with Crippen molar-refractivity contribution in [1.82, 2.24) is 15.0 Å². The highest BCUT2D eigenvalue weighted by Gasteiger charge is 2.11. The summed E-state index contributed by atoms with van der Waals surface area (Å²) in [6.45, 7) is 5.92. The number of hydrogen-bond acceptors (Lipinski definition) is 4. The number of aromatic nitrogens is 3. The van der Waals surface area contributed by atoms with Crippen LogP contribution in [0.4, 0.5) is 0 Å². The minimum absolute atomic E-state index is 0.386. The predicted octanol–water partition coefficient (Wildman–Crippen LogP) is 2.29. The Bertz CT molecular complexity index is 533. The molecule has 0 aliphatic carbocycles. The Morgan fingerprint density at radius 3 is 2.55 bits per heavy atom. The van der Waals surface area contributed by atoms with E-state index in [1.165, 1.54) is 5.56 Å². The number of ether oxygens (including phenoxy) is 1. The lowest BCUT2D eigenvalue weighted by atomic mass is 10.2. The number of nitrogens with zero attached hydrogens (tertiary/aromatic N) is 3. The number of aryl methyl sites for hydroxylation is 2. The Labute approximate surface area is 119 Å². The Morgan fingerprint density at radius 2 is 1.95 bits per heavy atom. The van der Waals surface area contributed by atoms with Crippen LogP contribution in [0.2, 0.25) is 0 Å². The molecule has 0 aliphatic rings. The molecule has 0 aliphatic heterocycles. The summed E-state index contributed by atoms with van der Waals surface area (Å²) in [5.74, 6) is 0.856. The van der Waals surface area contributed by atoms with Gasteiger partial charge in [-0.3, -0.25) is 0 Å². The van der Waals surface area contributed by atoms with E-state index in [1.807, 2.05) is 16.8 Å². The zero-order valence-electron chi connectivity index (χ0n) is 12.2. The fourth-order valence-electron chi connectivity index (χ4n) is 2.05. The van der Waals surface area contributed by atoms with Gasteiger partial charge in [-0.15, -0.1) is 5.10 Å². The smallest absolute Gasteiger partial charge is 0.132 e. The van der Waals surface area contributed by atoms with E-state index >= 15 is 0 Å². The van der Waals surface area contributed by atoms with Crippen LogP contribution in [0.5, 0.6) is 5.75 Å². The third kappa shape index (κ3) is 3.36. The third-order valence-electron chi connectivity index (χ3n) is 3.25. The molecule has 1 aromatic heterocycles. The number of rotatable bonds is 7. The number of benzene rings is 1. The molecule has 0 fully saturated rings. The van der Waals surface area contributed by atoms with E-state index in [-0.39, 0.29) is 0 Å². The van der Waals surface area contributed by atoms with Crippen LogP contribution >= 0.6 is 0 Å². The van der Waals surface area contributed by atoms with Crippen molar-refractivity contribution in [3.63, 3.8) is 0 Å². The van der Waals surface area contributed by atoms with Crippen LogP contribution in [-0.2, 0) is 26.1 Å². The second-order valence-electron chi connectivity index (χ2n) is 4.70. The molecule has 0 radical (unpaired) electrons. The van der Waals surface area contributed by atoms with Crippen molar-refractivity contribution >= 4 is 0 Å². The monoisotopic (exact) mass is 274 g/mol. The molecule has 0 amide bonds. The second-order valence-corrected chi connectivity index (χ2v) is 4.70. The number of hydrogen-bond donors (Lipinski definition) is 1. The fourth-order valence-corrected chi connectivity index (χ4v) is 2.05. The third-order valence-corrected chi connectivity index (χ3v) is 3.25. The summed E-state index contributed by atoms with van der Waals surface area (Å²) in [7, 11) is 0. The lowest BCUT2D eigenvalue weighted by molar-refractivity contribution is 0.290. The summed E-state index contributed by atoms with van der Waals surface area (Å²) < 4.78 is 7.70. The first-order valence-corrected chi connectivity index (χ1v) is 7.11. The van der Waals surface area contributed by atoms with E-state index < -0.39 is 0 Å². The van der Waals surface area contributed by atoms with E-state index in [0.29, 0.717) is 13.2 Å². The van der Waals surface area contributed by atoms with Gasteiger partial charge in [-0.1, -0.05) is 31.2 Å². The lowest BCUT2D eigenvalue weighted by Crippen LogP contribution is -2.10. The molecule has 0 atom stereocenters. The van der Waals surface area contributed by atoms with Gasteiger partial charge >= 0.3 is 0 Å². The van der Waals surface area contributed by atoms with E-state index in [4.69, 9.17) is 10.5 Å². The van der Waals surface area contributed by atoms with Crippen molar-refractivity contribution in [3.8, 4) is 5.75 Å². The van der Waals surface area contributed by atoms with Crippen molar-refractivity contribution in [2.24, 2.45) is 5.73 Å². The topological polar surface area (TPSA) is 66.0 Å². The first kappa shape index (κ1) is 14.5. The van der Waals surface area contributed by atoms with Crippen molar-refractivity contribution in [2.75, 3.05) is 0 Å². The fraction of sp³-hybridized carbons (Fsp3) is 0.467. The van der Waals surface area contributed by atoms with Gasteiger partial charge in [0.25, 0.3) is 0 Å². The molecule has 1 heterocycles. The van der Waals surface area contributed by atoms with E-state index in [1.54, 1.807) is 0 Å². The lowest BCUT2D eigenvalue weighted by Gasteiger charge is -2.09. The molecule has 20 heavy (non-hydrogen) atoms. The molecule has 1 aromatic carbocycles. The summed E-state index contributed by atoms with van der Waals surface area (Å²) >= 11 is 0. The van der Waals surface area contributed by atoms with Crippen LogP contribution in [-0.4, -0.2) is 15.0 Å². The van der Waals surface area contributed by atoms with E-state index in [0.717, 1.165) is 36.5 Å². The molecule has 0 spiro atoms. The van der Waals surface area contributed by atoms with Gasteiger partial charge in [0, 0.05) is 13.1 Å². The molecule has 5 nitrogen and oxygen atoms in total. The molecule has 0 saturated carbocycles. The van der Waals surface area contributed by atoms with E-state index in [9.17, 15) is 0 Å². The molecule has 2 aromatic rings. The minimum atomic E-state index is 0.386. The van der Waals surface area contributed by atoms with Gasteiger partial charge in [0.15, 0.2) is 0 Å². The van der Waals surface area contributed by atoms with Crippen LogP contribution in [0.1, 0.15) is 37.2 Å². The van der Waals surface area contributed by atoms with Gasteiger partial charge in [0.05, 0.1) is 0 Å². The van der Waals surface area contributed by atoms with Crippen molar-refractivity contribution in [1.29, 1.82) is 0 Å². The zero-order valence-corrected chi connectivity index (χ0v) is 12.2. The highest BCUT2D eigenvalue weighted by atomic mass is 16.5. The van der Waals surface area contributed by atoms with Crippen LogP contribution in [0.3, 0.4) is 0 Å². The highest BCUT2D eigenvalue weighted by molar-refractivity contribution is 5.27. The maximum Gasteiger partial charge on any atom is 0.132 e. The summed E-state index contributed by atoms with van der Waals surface area (Å²) in [5.41, 5.74) is 8.77. The Hall–Kier alpha value is -1.88. The summed E-state index contributed by atoms with van der Waals surface area (Å²) in [4.78, 5) is 0. The van der Waals surface area contributed by atoms with E-state index in [2.05, 4.69) is 36.3 Å². The average molecular weight is 274 g/mol. The minimum Gasteiger partial charge on any atom is -0.487 e. The standard InChI is InChI=1S/C15H22N4O/c1-3-9-19-15(14(10-16)17-18-19)11-20-13-7-5-12(4-2)6-8-13/h5-8H,3-4,9-11,16H2,1-2H3. The van der Waals surface area contributed by atoms with Crippen LogP contribution in [0, 0.1) is 0 Å². The summed E-state index contributed by atoms with van der Waals surface area (Å²) in [6, 6.07) is 8.16. The van der Waals surface area contributed by atoms with Crippen molar-refractivity contribution in [2.45, 2.75) is 46.4 Å². The maximum absolute atomic E-state index is 5.82.